The van der Waals surface area contributed by atoms with Crippen LogP contribution in [0.2, 0.25) is 0 Å². The smallest absolute Gasteiger partial charge is 0.314 e. The van der Waals surface area contributed by atoms with Crippen LogP contribution >= 0.6 is 0 Å². The molecule has 112 valence electrons. The van der Waals surface area contributed by atoms with Crippen LogP contribution in [0.15, 0.2) is 18.2 Å². The maximum absolute atomic E-state index is 13.2. The third-order valence-electron chi connectivity index (χ3n) is 3.29. The molecule has 1 atom stereocenters. The predicted molar refractivity (Wildman–Crippen MR) is 64.2 cm³/mol. The van der Waals surface area contributed by atoms with E-state index in [9.17, 15) is 22.0 Å². The lowest BCUT2D eigenvalue weighted by molar-refractivity contribution is -0.148. The second-order valence-electron chi connectivity index (χ2n) is 4.82. The molecule has 20 heavy (non-hydrogen) atoms. The van der Waals surface area contributed by atoms with Crippen molar-refractivity contribution in [1.29, 1.82) is 0 Å². The molecule has 2 nitrogen and oxygen atoms in total. The zero-order valence-electron chi connectivity index (χ0n) is 10.7. The number of alkyl halides is 3. The number of nitrogens with one attached hydrogen (secondary N) is 1. The first-order chi connectivity index (χ1) is 9.35. The van der Waals surface area contributed by atoms with Gasteiger partial charge < -0.3 is 5.32 Å². The standard InChI is InChI=1S/C13H15F5N2/c14-10-5-9(6-11(15)7-10)12(8-13(16,17)18)20-3-1-19-2-4-20/h5-7,12,19H,1-4,8H2/t12-/m0/s1. The first-order valence-corrected chi connectivity index (χ1v) is 6.33. The van der Waals surface area contributed by atoms with Gasteiger partial charge in [-0.3, -0.25) is 4.90 Å². The van der Waals surface area contributed by atoms with Crippen molar-refractivity contribution in [3.05, 3.63) is 35.4 Å². The Labute approximate surface area is 113 Å². The van der Waals surface area contributed by atoms with Crippen molar-refractivity contribution in [2.24, 2.45) is 0 Å². The Kier molecular flexibility index (Phi) is 4.59. The minimum absolute atomic E-state index is 0.0294. The quantitative estimate of drug-likeness (QED) is 0.862. The highest BCUT2D eigenvalue weighted by atomic mass is 19.4. The van der Waals surface area contributed by atoms with Crippen molar-refractivity contribution in [1.82, 2.24) is 10.2 Å². The zero-order chi connectivity index (χ0) is 14.8. The first kappa shape index (κ1) is 15.2. The molecule has 0 aromatic heterocycles. The van der Waals surface area contributed by atoms with E-state index in [0.29, 0.717) is 32.2 Å². The van der Waals surface area contributed by atoms with Crippen molar-refractivity contribution in [2.45, 2.75) is 18.6 Å². The molecule has 1 N–H and O–H groups in total. The summed E-state index contributed by atoms with van der Waals surface area (Å²) in [5.74, 6) is -1.72. The molecule has 1 heterocycles. The molecule has 0 aliphatic carbocycles. The summed E-state index contributed by atoms with van der Waals surface area (Å²) in [5.41, 5.74) is 0.0294. The Bertz CT molecular complexity index is 434. The Balaban J connectivity index is 2.29. The highest BCUT2D eigenvalue weighted by Crippen LogP contribution is 2.34. The molecule has 0 saturated carbocycles. The molecular weight excluding hydrogens is 279 g/mol. The molecule has 1 aromatic rings. The summed E-state index contributed by atoms with van der Waals surface area (Å²) in [6, 6.07) is 1.55. The van der Waals surface area contributed by atoms with E-state index < -0.39 is 30.3 Å². The van der Waals surface area contributed by atoms with Crippen LogP contribution < -0.4 is 5.32 Å². The van der Waals surface area contributed by atoms with Gasteiger partial charge in [0.1, 0.15) is 11.6 Å². The van der Waals surface area contributed by atoms with Gasteiger partial charge in [0.2, 0.25) is 0 Å². The molecule has 0 spiro atoms. The minimum Gasteiger partial charge on any atom is -0.314 e. The number of rotatable bonds is 3. The molecule has 1 aliphatic rings. The number of nitrogens with zero attached hydrogens (tertiary/aromatic N) is 1. The van der Waals surface area contributed by atoms with E-state index in [1.54, 1.807) is 4.90 Å². The predicted octanol–water partition coefficient (Wildman–Crippen LogP) is 2.86. The summed E-state index contributed by atoms with van der Waals surface area (Å²) in [4.78, 5) is 1.61. The van der Waals surface area contributed by atoms with Gasteiger partial charge in [0.25, 0.3) is 0 Å². The molecule has 2 rings (SSSR count). The Morgan fingerprint density at radius 2 is 1.60 bits per heavy atom. The molecule has 0 radical (unpaired) electrons. The SMILES string of the molecule is Fc1cc(F)cc([C@H](CC(F)(F)F)N2CCNCC2)c1. The number of piperazine rings is 1. The topological polar surface area (TPSA) is 15.3 Å². The minimum atomic E-state index is -4.39. The average Bonchev–Trinajstić information content (AvgIpc) is 2.35. The molecule has 0 unspecified atom stereocenters. The fourth-order valence-electron chi connectivity index (χ4n) is 2.44. The fraction of sp³-hybridized carbons (Fsp3) is 0.538. The number of hydrogen-bond donors (Lipinski definition) is 1. The lowest BCUT2D eigenvalue weighted by atomic mass is 10.0. The summed E-state index contributed by atoms with van der Waals surface area (Å²) in [5, 5.41) is 3.04. The van der Waals surface area contributed by atoms with Crippen LogP contribution in [0.5, 0.6) is 0 Å². The van der Waals surface area contributed by atoms with Crippen LogP contribution in [0, 0.1) is 11.6 Å². The van der Waals surface area contributed by atoms with Crippen LogP contribution in [0.4, 0.5) is 22.0 Å². The Morgan fingerprint density at radius 3 is 2.10 bits per heavy atom. The molecular formula is C13H15F5N2. The maximum atomic E-state index is 13.2. The van der Waals surface area contributed by atoms with Crippen LogP contribution in [0.1, 0.15) is 18.0 Å². The van der Waals surface area contributed by atoms with Crippen molar-refractivity contribution < 1.29 is 22.0 Å². The molecule has 1 fully saturated rings. The van der Waals surface area contributed by atoms with Gasteiger partial charge >= 0.3 is 6.18 Å². The van der Waals surface area contributed by atoms with Crippen LogP contribution in [0.25, 0.3) is 0 Å². The van der Waals surface area contributed by atoms with Crippen molar-refractivity contribution in [3.8, 4) is 0 Å². The lowest BCUT2D eigenvalue weighted by Gasteiger charge is -2.35. The third-order valence-corrected chi connectivity index (χ3v) is 3.29. The van der Waals surface area contributed by atoms with Gasteiger partial charge in [0, 0.05) is 38.3 Å². The van der Waals surface area contributed by atoms with Crippen LogP contribution in [-0.2, 0) is 0 Å². The first-order valence-electron chi connectivity index (χ1n) is 6.33. The van der Waals surface area contributed by atoms with E-state index >= 15 is 0 Å². The van der Waals surface area contributed by atoms with Gasteiger partial charge in [-0.05, 0) is 17.7 Å². The van der Waals surface area contributed by atoms with Gasteiger partial charge in [0.05, 0.1) is 6.42 Å². The van der Waals surface area contributed by atoms with Crippen molar-refractivity contribution in [2.75, 3.05) is 26.2 Å². The van der Waals surface area contributed by atoms with E-state index in [1.807, 2.05) is 0 Å². The third kappa shape index (κ3) is 4.14. The van der Waals surface area contributed by atoms with Crippen LogP contribution in [0.3, 0.4) is 0 Å². The summed E-state index contributed by atoms with van der Waals surface area (Å²) in [6.07, 6.45) is -5.51. The van der Waals surface area contributed by atoms with Crippen molar-refractivity contribution in [3.63, 3.8) is 0 Å². The van der Waals surface area contributed by atoms with Gasteiger partial charge in [-0.15, -0.1) is 0 Å². The molecule has 1 saturated heterocycles. The largest absolute Gasteiger partial charge is 0.390 e. The average molecular weight is 294 g/mol. The van der Waals surface area contributed by atoms with E-state index in [1.165, 1.54) is 0 Å². The molecule has 7 heteroatoms. The number of halogens is 5. The summed E-state index contributed by atoms with van der Waals surface area (Å²) >= 11 is 0. The molecule has 1 aliphatic heterocycles. The second-order valence-corrected chi connectivity index (χ2v) is 4.82. The Morgan fingerprint density at radius 1 is 1.05 bits per heavy atom. The normalized spacial score (nSPS) is 19.1. The summed E-state index contributed by atoms with van der Waals surface area (Å²) in [6.45, 7) is 1.95. The molecule has 0 bridgehead atoms. The number of hydrogen-bond acceptors (Lipinski definition) is 2. The summed E-state index contributed by atoms with van der Waals surface area (Å²) < 4.78 is 64.6. The van der Waals surface area contributed by atoms with Gasteiger partial charge in [-0.25, -0.2) is 8.78 Å². The van der Waals surface area contributed by atoms with Gasteiger partial charge in [0.15, 0.2) is 0 Å². The highest BCUT2D eigenvalue weighted by molar-refractivity contribution is 5.22. The van der Waals surface area contributed by atoms with E-state index in [4.69, 9.17) is 0 Å². The fourth-order valence-corrected chi connectivity index (χ4v) is 2.44. The van der Waals surface area contributed by atoms with E-state index in [-0.39, 0.29) is 5.56 Å². The number of benzene rings is 1. The highest BCUT2D eigenvalue weighted by Gasteiger charge is 2.36. The van der Waals surface area contributed by atoms with Crippen molar-refractivity contribution >= 4 is 0 Å². The summed E-state index contributed by atoms with van der Waals surface area (Å²) in [7, 11) is 0. The monoisotopic (exact) mass is 294 g/mol. The van der Waals surface area contributed by atoms with Gasteiger partial charge in [-0.1, -0.05) is 0 Å². The Hall–Kier alpha value is -1.21. The second kappa shape index (κ2) is 6.05. The van der Waals surface area contributed by atoms with E-state index in [2.05, 4.69) is 5.32 Å². The van der Waals surface area contributed by atoms with Crippen LogP contribution in [-0.4, -0.2) is 37.3 Å². The van der Waals surface area contributed by atoms with Gasteiger partial charge in [-0.2, -0.15) is 13.2 Å². The van der Waals surface area contributed by atoms with E-state index in [0.717, 1.165) is 12.1 Å². The molecule has 1 aromatic carbocycles. The maximum Gasteiger partial charge on any atom is 0.390 e. The zero-order valence-corrected chi connectivity index (χ0v) is 10.7. The molecule has 0 amide bonds. The lowest BCUT2D eigenvalue weighted by Crippen LogP contribution is -2.46.